The monoisotopic (exact) mass is 415 g/mol. The Morgan fingerprint density at radius 1 is 1.25 bits per heavy atom. The standard InChI is InChI=1S/C22H25NO3S2/c1-3-4-5-15-7-9-16(10-8-15)21(25)26-18-11-6-14(2)19-20(18)28-22(27-19)17(12-23)13-24/h6,11,13,15-16H,3-5,7-10H2,1-2H3/b22-17-. The molecule has 6 heteroatoms. The molecule has 4 nitrogen and oxygen atoms in total. The zero-order chi connectivity index (χ0) is 20.1. The number of aryl methyl sites for hydroxylation is 1. The molecule has 0 unspecified atom stereocenters. The maximum Gasteiger partial charge on any atom is 0.314 e. The van der Waals surface area contributed by atoms with Crippen molar-refractivity contribution in [2.75, 3.05) is 0 Å². The summed E-state index contributed by atoms with van der Waals surface area (Å²) in [5, 5.41) is 9.14. The Bertz CT molecular complexity index is 833. The molecule has 1 saturated carbocycles. The SMILES string of the molecule is CCCCC1CCC(C(=O)Oc2ccc(C)c3c2S/C(=C(/C#N)C=O)S3)CC1. The number of thioether (sulfide) groups is 2. The highest BCUT2D eigenvalue weighted by Gasteiger charge is 2.31. The van der Waals surface area contributed by atoms with Crippen molar-refractivity contribution in [3.05, 3.63) is 27.5 Å². The molecule has 0 bridgehead atoms. The van der Waals surface area contributed by atoms with Gasteiger partial charge < -0.3 is 4.74 Å². The summed E-state index contributed by atoms with van der Waals surface area (Å²) in [6.45, 7) is 4.19. The average molecular weight is 416 g/mol. The summed E-state index contributed by atoms with van der Waals surface area (Å²) in [7, 11) is 0. The fourth-order valence-corrected chi connectivity index (χ4v) is 6.34. The van der Waals surface area contributed by atoms with Crippen LogP contribution in [-0.4, -0.2) is 12.3 Å². The van der Waals surface area contributed by atoms with Gasteiger partial charge in [0.1, 0.15) is 17.4 Å². The predicted molar refractivity (Wildman–Crippen MR) is 112 cm³/mol. The largest absolute Gasteiger partial charge is 0.425 e. The van der Waals surface area contributed by atoms with Gasteiger partial charge in [0.15, 0.2) is 6.29 Å². The maximum absolute atomic E-state index is 12.7. The molecule has 1 aromatic rings. The van der Waals surface area contributed by atoms with Crippen LogP contribution in [0, 0.1) is 30.1 Å². The molecule has 1 fully saturated rings. The molecule has 148 valence electrons. The third kappa shape index (κ3) is 4.64. The third-order valence-electron chi connectivity index (χ3n) is 5.48. The van der Waals surface area contributed by atoms with Crippen LogP contribution in [-0.2, 0) is 9.59 Å². The Kier molecular flexibility index (Phi) is 7.25. The van der Waals surface area contributed by atoms with Crippen molar-refractivity contribution < 1.29 is 14.3 Å². The van der Waals surface area contributed by atoms with Gasteiger partial charge in [-0.05, 0) is 50.2 Å². The smallest absolute Gasteiger partial charge is 0.314 e. The van der Waals surface area contributed by atoms with E-state index in [-0.39, 0.29) is 17.5 Å². The summed E-state index contributed by atoms with van der Waals surface area (Å²) >= 11 is 2.75. The quantitative estimate of drug-likeness (QED) is 0.186. The summed E-state index contributed by atoms with van der Waals surface area (Å²) in [6, 6.07) is 5.69. The normalized spacial score (nSPS) is 22.9. The van der Waals surface area contributed by atoms with Gasteiger partial charge in [-0.1, -0.05) is 55.8 Å². The van der Waals surface area contributed by atoms with E-state index < -0.39 is 0 Å². The number of fused-ring (bicyclic) bond motifs is 1. The van der Waals surface area contributed by atoms with Gasteiger partial charge in [0, 0.05) is 4.90 Å². The van der Waals surface area contributed by atoms with Crippen LogP contribution in [0.15, 0.2) is 31.7 Å². The number of nitrogens with zero attached hydrogens (tertiary/aromatic N) is 1. The van der Waals surface area contributed by atoms with Crippen molar-refractivity contribution in [3.8, 4) is 11.8 Å². The topological polar surface area (TPSA) is 67.2 Å². The number of rotatable bonds is 6. The van der Waals surface area contributed by atoms with E-state index in [0.29, 0.717) is 16.3 Å². The highest BCUT2D eigenvalue weighted by Crippen LogP contribution is 2.56. The van der Waals surface area contributed by atoms with E-state index in [1.165, 1.54) is 42.8 Å². The van der Waals surface area contributed by atoms with Crippen molar-refractivity contribution in [2.24, 2.45) is 11.8 Å². The number of carbonyl (C=O) groups is 2. The van der Waals surface area contributed by atoms with Crippen LogP contribution in [0.1, 0.15) is 57.4 Å². The lowest BCUT2D eigenvalue weighted by Gasteiger charge is -2.27. The van der Waals surface area contributed by atoms with Gasteiger partial charge in [0.05, 0.1) is 15.1 Å². The number of benzene rings is 1. The molecule has 0 aromatic heterocycles. The van der Waals surface area contributed by atoms with E-state index in [1.807, 2.05) is 25.1 Å². The number of nitriles is 1. The number of aldehydes is 1. The van der Waals surface area contributed by atoms with Crippen LogP contribution >= 0.6 is 23.5 Å². The fourth-order valence-electron chi connectivity index (χ4n) is 3.75. The summed E-state index contributed by atoms with van der Waals surface area (Å²) in [4.78, 5) is 25.7. The molecule has 0 amide bonds. The molecular weight excluding hydrogens is 390 g/mol. The molecule has 1 aliphatic carbocycles. The second-order valence-corrected chi connectivity index (χ2v) is 9.75. The Morgan fingerprint density at radius 3 is 2.61 bits per heavy atom. The minimum absolute atomic E-state index is 0.0338. The molecule has 0 saturated heterocycles. The molecular formula is C22H25NO3S2. The lowest BCUT2D eigenvalue weighted by Crippen LogP contribution is -2.25. The van der Waals surface area contributed by atoms with Crippen LogP contribution in [0.3, 0.4) is 0 Å². The number of allylic oxidation sites excluding steroid dienone is 1. The minimum Gasteiger partial charge on any atom is -0.425 e. The molecule has 1 aliphatic heterocycles. The Morgan fingerprint density at radius 2 is 1.96 bits per heavy atom. The van der Waals surface area contributed by atoms with Crippen molar-refractivity contribution >= 4 is 35.8 Å². The van der Waals surface area contributed by atoms with Gasteiger partial charge in [-0.15, -0.1) is 0 Å². The van der Waals surface area contributed by atoms with Gasteiger partial charge in [0.25, 0.3) is 0 Å². The number of esters is 1. The second-order valence-electron chi connectivity index (χ2n) is 7.45. The first-order valence-corrected chi connectivity index (χ1v) is 11.5. The highest BCUT2D eigenvalue weighted by molar-refractivity contribution is 8.24. The van der Waals surface area contributed by atoms with Gasteiger partial charge >= 0.3 is 5.97 Å². The van der Waals surface area contributed by atoms with Crippen LogP contribution in [0.25, 0.3) is 0 Å². The summed E-state index contributed by atoms with van der Waals surface area (Å²) in [5.74, 6) is 1.10. The lowest BCUT2D eigenvalue weighted by atomic mass is 9.80. The number of ether oxygens (including phenoxy) is 1. The first-order chi connectivity index (χ1) is 13.6. The van der Waals surface area contributed by atoms with Crippen LogP contribution in [0.4, 0.5) is 0 Å². The van der Waals surface area contributed by atoms with Crippen molar-refractivity contribution in [3.63, 3.8) is 0 Å². The zero-order valence-electron chi connectivity index (χ0n) is 16.3. The molecule has 2 aliphatic rings. The molecule has 1 aromatic carbocycles. The summed E-state index contributed by atoms with van der Waals surface area (Å²) in [6.07, 6.45) is 8.36. The average Bonchev–Trinajstić information content (AvgIpc) is 3.16. The van der Waals surface area contributed by atoms with Crippen molar-refractivity contribution in [1.29, 1.82) is 5.26 Å². The minimum atomic E-state index is -0.154. The lowest BCUT2D eigenvalue weighted by molar-refractivity contribution is -0.140. The summed E-state index contributed by atoms with van der Waals surface area (Å²) < 4.78 is 6.45. The summed E-state index contributed by atoms with van der Waals surface area (Å²) in [5.41, 5.74) is 1.16. The van der Waals surface area contributed by atoms with Gasteiger partial charge in [-0.3, -0.25) is 9.59 Å². The second kappa shape index (κ2) is 9.67. The van der Waals surface area contributed by atoms with E-state index in [4.69, 9.17) is 10.00 Å². The van der Waals surface area contributed by atoms with Gasteiger partial charge in [0.2, 0.25) is 0 Å². The maximum atomic E-state index is 12.7. The van der Waals surface area contributed by atoms with E-state index in [9.17, 15) is 9.59 Å². The number of unbranched alkanes of at least 4 members (excludes halogenated alkanes) is 1. The molecule has 0 spiro atoms. The molecule has 0 N–H and O–H groups in total. The Balaban J connectivity index is 1.69. The van der Waals surface area contributed by atoms with Crippen molar-refractivity contribution in [2.45, 2.75) is 68.6 Å². The third-order valence-corrected chi connectivity index (χ3v) is 8.26. The highest BCUT2D eigenvalue weighted by atomic mass is 32.2. The van der Waals surface area contributed by atoms with E-state index >= 15 is 0 Å². The molecule has 0 radical (unpaired) electrons. The zero-order valence-corrected chi connectivity index (χ0v) is 18.0. The first kappa shape index (κ1) is 21.0. The van der Waals surface area contributed by atoms with Crippen LogP contribution < -0.4 is 4.74 Å². The molecule has 28 heavy (non-hydrogen) atoms. The van der Waals surface area contributed by atoms with Crippen molar-refractivity contribution in [1.82, 2.24) is 0 Å². The van der Waals surface area contributed by atoms with Crippen LogP contribution in [0.5, 0.6) is 5.75 Å². The van der Waals surface area contributed by atoms with E-state index in [1.54, 1.807) is 0 Å². The Labute approximate surface area is 175 Å². The van der Waals surface area contributed by atoms with E-state index in [0.717, 1.165) is 47.0 Å². The predicted octanol–water partition coefficient (Wildman–Crippen LogP) is 6.03. The first-order valence-electron chi connectivity index (χ1n) is 9.87. The molecule has 3 rings (SSSR count). The Hall–Kier alpha value is -1.71. The molecule has 1 heterocycles. The number of hydrogen-bond acceptors (Lipinski definition) is 6. The van der Waals surface area contributed by atoms with E-state index in [2.05, 4.69) is 6.92 Å². The number of carbonyl (C=O) groups excluding carboxylic acids is 2. The molecule has 0 atom stereocenters. The number of hydrogen-bond donors (Lipinski definition) is 0. The van der Waals surface area contributed by atoms with Gasteiger partial charge in [-0.2, -0.15) is 5.26 Å². The van der Waals surface area contributed by atoms with Gasteiger partial charge in [-0.25, -0.2) is 0 Å². The fraction of sp³-hybridized carbons (Fsp3) is 0.500. The van der Waals surface area contributed by atoms with Crippen LogP contribution in [0.2, 0.25) is 0 Å².